The minimum atomic E-state index is 0.272. The molecule has 0 bridgehead atoms. The molecule has 0 aliphatic carbocycles. The van der Waals surface area contributed by atoms with Crippen molar-refractivity contribution in [3.8, 4) is 11.5 Å². The predicted molar refractivity (Wildman–Crippen MR) is 83.1 cm³/mol. The summed E-state index contributed by atoms with van der Waals surface area (Å²) in [5.41, 5.74) is 1.18. The van der Waals surface area contributed by atoms with E-state index in [9.17, 15) is 0 Å². The summed E-state index contributed by atoms with van der Waals surface area (Å²) in [5, 5.41) is 3.45. The number of hydrogen-bond donors (Lipinski definition) is 1. The van der Waals surface area contributed by atoms with Crippen molar-refractivity contribution in [2.75, 3.05) is 47.0 Å². The Hall–Kier alpha value is -1.30. The van der Waals surface area contributed by atoms with Crippen LogP contribution in [0.3, 0.4) is 0 Å². The summed E-state index contributed by atoms with van der Waals surface area (Å²) in [6, 6.07) is 6.04. The minimum absolute atomic E-state index is 0.272. The second-order valence-corrected chi connectivity index (χ2v) is 5.30. The molecule has 0 amide bonds. The van der Waals surface area contributed by atoms with E-state index in [1.54, 1.807) is 7.11 Å². The van der Waals surface area contributed by atoms with Crippen LogP contribution in [0.2, 0.25) is 0 Å². The molecule has 5 heteroatoms. The summed E-state index contributed by atoms with van der Waals surface area (Å²) in [6.45, 7) is 7.09. The van der Waals surface area contributed by atoms with Crippen LogP contribution in [0.25, 0.3) is 0 Å². The summed E-state index contributed by atoms with van der Waals surface area (Å²) in [4.78, 5) is 2.30. The van der Waals surface area contributed by atoms with E-state index in [1.807, 2.05) is 19.1 Å². The number of hydrogen-bond acceptors (Lipinski definition) is 5. The first-order valence-electron chi connectivity index (χ1n) is 7.53. The molecule has 2 rings (SSSR count). The van der Waals surface area contributed by atoms with E-state index >= 15 is 0 Å². The molecule has 0 radical (unpaired) electrons. The second kappa shape index (κ2) is 8.22. The van der Waals surface area contributed by atoms with Crippen LogP contribution in [0.5, 0.6) is 11.5 Å². The molecule has 5 nitrogen and oxygen atoms in total. The SMILES string of the molecule is CCOc1cc(CNC[C@H]2CN(C)CCO2)ccc1OC. The second-order valence-electron chi connectivity index (χ2n) is 5.30. The fraction of sp³-hybridized carbons (Fsp3) is 0.625. The lowest BCUT2D eigenvalue weighted by Crippen LogP contribution is -2.44. The lowest BCUT2D eigenvalue weighted by atomic mass is 10.2. The zero-order chi connectivity index (χ0) is 15.1. The molecule has 1 saturated heterocycles. The number of methoxy groups -OCH3 is 1. The van der Waals surface area contributed by atoms with Gasteiger partial charge in [0.1, 0.15) is 0 Å². The lowest BCUT2D eigenvalue weighted by molar-refractivity contribution is -0.0182. The Morgan fingerprint density at radius 2 is 2.24 bits per heavy atom. The van der Waals surface area contributed by atoms with Gasteiger partial charge in [-0.1, -0.05) is 6.07 Å². The molecular formula is C16H26N2O3. The van der Waals surface area contributed by atoms with Crippen molar-refractivity contribution in [2.45, 2.75) is 19.6 Å². The van der Waals surface area contributed by atoms with E-state index in [0.29, 0.717) is 6.61 Å². The summed E-state index contributed by atoms with van der Waals surface area (Å²) in [7, 11) is 3.79. The van der Waals surface area contributed by atoms with Crippen LogP contribution in [0.4, 0.5) is 0 Å². The maximum atomic E-state index is 5.74. The average molecular weight is 294 g/mol. The Bertz CT molecular complexity index is 440. The van der Waals surface area contributed by atoms with Crippen molar-refractivity contribution < 1.29 is 14.2 Å². The highest BCUT2D eigenvalue weighted by Gasteiger charge is 2.16. The molecule has 1 heterocycles. The van der Waals surface area contributed by atoms with Gasteiger partial charge in [-0.2, -0.15) is 0 Å². The highest BCUT2D eigenvalue weighted by atomic mass is 16.5. The molecule has 1 aliphatic rings. The highest BCUT2D eigenvalue weighted by molar-refractivity contribution is 5.42. The van der Waals surface area contributed by atoms with E-state index in [1.165, 1.54) is 5.56 Å². The van der Waals surface area contributed by atoms with Gasteiger partial charge in [-0.05, 0) is 31.7 Å². The van der Waals surface area contributed by atoms with Crippen LogP contribution in [0, 0.1) is 0 Å². The molecule has 1 aromatic carbocycles. The van der Waals surface area contributed by atoms with Gasteiger partial charge in [-0.15, -0.1) is 0 Å². The molecular weight excluding hydrogens is 268 g/mol. The maximum absolute atomic E-state index is 5.74. The number of rotatable bonds is 7. The Kier molecular flexibility index (Phi) is 6.29. The third kappa shape index (κ3) is 4.88. The van der Waals surface area contributed by atoms with Gasteiger partial charge in [0.25, 0.3) is 0 Å². The zero-order valence-corrected chi connectivity index (χ0v) is 13.2. The number of morpholine rings is 1. The van der Waals surface area contributed by atoms with Crippen molar-refractivity contribution in [3.05, 3.63) is 23.8 Å². The normalized spacial score (nSPS) is 19.5. The third-order valence-electron chi connectivity index (χ3n) is 3.57. The predicted octanol–water partition coefficient (Wildman–Crippen LogP) is 1.51. The van der Waals surface area contributed by atoms with Gasteiger partial charge in [0.05, 0.1) is 26.4 Å². The van der Waals surface area contributed by atoms with Gasteiger partial charge in [-0.3, -0.25) is 0 Å². The number of nitrogens with zero attached hydrogens (tertiary/aromatic N) is 1. The summed E-state index contributed by atoms with van der Waals surface area (Å²) < 4.78 is 16.6. The maximum Gasteiger partial charge on any atom is 0.161 e. The molecule has 1 N–H and O–H groups in total. The number of benzene rings is 1. The monoisotopic (exact) mass is 294 g/mol. The van der Waals surface area contributed by atoms with Crippen LogP contribution >= 0.6 is 0 Å². The van der Waals surface area contributed by atoms with Crippen molar-refractivity contribution in [2.24, 2.45) is 0 Å². The summed E-state index contributed by atoms with van der Waals surface area (Å²) >= 11 is 0. The van der Waals surface area contributed by atoms with E-state index in [4.69, 9.17) is 14.2 Å². The van der Waals surface area contributed by atoms with Crippen molar-refractivity contribution in [3.63, 3.8) is 0 Å². The van der Waals surface area contributed by atoms with E-state index in [-0.39, 0.29) is 6.10 Å². The fourth-order valence-corrected chi connectivity index (χ4v) is 2.47. The fourth-order valence-electron chi connectivity index (χ4n) is 2.47. The number of ether oxygens (including phenoxy) is 3. The molecule has 1 fully saturated rings. The molecule has 21 heavy (non-hydrogen) atoms. The molecule has 1 atom stereocenters. The highest BCUT2D eigenvalue weighted by Crippen LogP contribution is 2.27. The summed E-state index contributed by atoms with van der Waals surface area (Å²) in [5.74, 6) is 1.57. The quantitative estimate of drug-likeness (QED) is 0.826. The minimum Gasteiger partial charge on any atom is -0.493 e. The standard InChI is InChI=1S/C16H26N2O3/c1-4-20-16-9-13(5-6-15(16)19-3)10-17-11-14-12-18(2)7-8-21-14/h5-6,9,14,17H,4,7-8,10-12H2,1-3H3/t14-/m0/s1. The Morgan fingerprint density at radius 3 is 2.95 bits per heavy atom. The number of nitrogens with one attached hydrogen (secondary N) is 1. The molecule has 118 valence electrons. The van der Waals surface area contributed by atoms with Crippen LogP contribution in [0.15, 0.2) is 18.2 Å². The van der Waals surface area contributed by atoms with Gasteiger partial charge >= 0.3 is 0 Å². The van der Waals surface area contributed by atoms with Gasteiger partial charge in [0.2, 0.25) is 0 Å². The van der Waals surface area contributed by atoms with Crippen molar-refractivity contribution in [1.82, 2.24) is 10.2 Å². The van der Waals surface area contributed by atoms with Crippen molar-refractivity contribution in [1.29, 1.82) is 0 Å². The van der Waals surface area contributed by atoms with E-state index < -0.39 is 0 Å². The average Bonchev–Trinajstić information content (AvgIpc) is 2.48. The Labute approximate surface area is 127 Å². The zero-order valence-electron chi connectivity index (χ0n) is 13.2. The number of likely N-dealkylation sites (N-methyl/N-ethyl adjacent to an activating group) is 1. The topological polar surface area (TPSA) is 43.0 Å². The van der Waals surface area contributed by atoms with Gasteiger partial charge < -0.3 is 24.4 Å². The first-order valence-corrected chi connectivity index (χ1v) is 7.53. The van der Waals surface area contributed by atoms with Gasteiger partial charge in [-0.25, -0.2) is 0 Å². The largest absolute Gasteiger partial charge is 0.493 e. The lowest BCUT2D eigenvalue weighted by Gasteiger charge is -2.30. The van der Waals surface area contributed by atoms with Crippen molar-refractivity contribution >= 4 is 0 Å². The molecule has 0 saturated carbocycles. The summed E-state index contributed by atoms with van der Waals surface area (Å²) in [6.07, 6.45) is 0.272. The molecule has 1 aliphatic heterocycles. The molecule has 1 aromatic rings. The first kappa shape index (κ1) is 16.1. The Morgan fingerprint density at radius 1 is 1.38 bits per heavy atom. The van der Waals surface area contributed by atoms with Gasteiger partial charge in [0.15, 0.2) is 11.5 Å². The third-order valence-corrected chi connectivity index (χ3v) is 3.57. The van der Waals surface area contributed by atoms with Crippen LogP contribution in [-0.4, -0.2) is 58.0 Å². The first-order chi connectivity index (χ1) is 10.2. The van der Waals surface area contributed by atoms with Gasteiger partial charge in [0, 0.05) is 26.2 Å². The smallest absolute Gasteiger partial charge is 0.161 e. The molecule has 0 spiro atoms. The molecule has 0 aromatic heterocycles. The van der Waals surface area contributed by atoms with Crippen LogP contribution in [-0.2, 0) is 11.3 Å². The van der Waals surface area contributed by atoms with E-state index in [0.717, 1.165) is 44.3 Å². The van der Waals surface area contributed by atoms with Crippen LogP contribution < -0.4 is 14.8 Å². The Balaban J connectivity index is 1.83. The molecule has 0 unspecified atom stereocenters. The van der Waals surface area contributed by atoms with Crippen LogP contribution in [0.1, 0.15) is 12.5 Å². The van der Waals surface area contributed by atoms with E-state index in [2.05, 4.69) is 23.3 Å².